The zero-order valence-electron chi connectivity index (χ0n) is 10.9. The smallest absolute Gasteiger partial charge is 0.0621 e. The Hall–Kier alpha value is -1.48. The standard InChI is InChI=1S/C15H21N3/c1-18(11-12-6-4-5-9-16-12)15-10-17-14-8-3-2-7-13(14)15/h2-3,7-8,10,12,16-17H,4-6,9,11H2,1H3. The van der Waals surface area contributed by atoms with Gasteiger partial charge in [0.05, 0.1) is 5.69 Å². The Bertz CT molecular complexity index is 511. The maximum absolute atomic E-state index is 3.61. The van der Waals surface area contributed by atoms with E-state index in [9.17, 15) is 0 Å². The van der Waals surface area contributed by atoms with Crippen molar-refractivity contribution in [2.75, 3.05) is 25.0 Å². The summed E-state index contributed by atoms with van der Waals surface area (Å²) in [5, 5.41) is 4.92. The molecule has 2 aromatic rings. The third-order valence-corrected chi connectivity index (χ3v) is 3.89. The first-order chi connectivity index (χ1) is 8.84. The van der Waals surface area contributed by atoms with E-state index in [0.717, 1.165) is 6.54 Å². The molecule has 0 saturated carbocycles. The molecule has 1 fully saturated rings. The Morgan fingerprint density at radius 1 is 1.28 bits per heavy atom. The van der Waals surface area contributed by atoms with Crippen molar-refractivity contribution >= 4 is 16.6 Å². The van der Waals surface area contributed by atoms with Gasteiger partial charge in [0.1, 0.15) is 0 Å². The Morgan fingerprint density at radius 2 is 2.17 bits per heavy atom. The third kappa shape index (κ3) is 2.23. The van der Waals surface area contributed by atoms with Crippen LogP contribution >= 0.6 is 0 Å². The van der Waals surface area contributed by atoms with Crippen LogP contribution in [0, 0.1) is 0 Å². The summed E-state index contributed by atoms with van der Waals surface area (Å²) in [5.41, 5.74) is 2.52. The van der Waals surface area contributed by atoms with Gasteiger partial charge in [-0.1, -0.05) is 24.6 Å². The van der Waals surface area contributed by atoms with Gasteiger partial charge >= 0.3 is 0 Å². The molecule has 0 radical (unpaired) electrons. The predicted octanol–water partition coefficient (Wildman–Crippen LogP) is 2.75. The molecule has 1 unspecified atom stereocenters. The van der Waals surface area contributed by atoms with Gasteiger partial charge in [0.2, 0.25) is 0 Å². The Balaban J connectivity index is 1.76. The number of nitrogens with zero attached hydrogens (tertiary/aromatic N) is 1. The number of H-pyrrole nitrogens is 1. The molecule has 1 aromatic carbocycles. The first-order valence-electron chi connectivity index (χ1n) is 6.85. The van der Waals surface area contributed by atoms with Crippen molar-refractivity contribution in [2.45, 2.75) is 25.3 Å². The molecule has 3 heteroatoms. The van der Waals surface area contributed by atoms with Crippen LogP contribution in [0.1, 0.15) is 19.3 Å². The summed E-state index contributed by atoms with van der Waals surface area (Å²) in [6, 6.07) is 9.13. The largest absolute Gasteiger partial charge is 0.371 e. The van der Waals surface area contributed by atoms with Crippen LogP contribution in [0.5, 0.6) is 0 Å². The van der Waals surface area contributed by atoms with Crippen LogP contribution in [0.15, 0.2) is 30.5 Å². The molecule has 3 rings (SSSR count). The molecule has 1 aliphatic heterocycles. The zero-order chi connectivity index (χ0) is 12.4. The molecule has 0 amide bonds. The van der Waals surface area contributed by atoms with Crippen LogP contribution in [-0.4, -0.2) is 31.2 Å². The molecule has 1 aromatic heterocycles. The number of nitrogens with one attached hydrogen (secondary N) is 2. The molecule has 0 aliphatic carbocycles. The van der Waals surface area contributed by atoms with Crippen molar-refractivity contribution in [1.82, 2.24) is 10.3 Å². The number of aromatic nitrogens is 1. The van der Waals surface area contributed by atoms with E-state index in [1.54, 1.807) is 0 Å². The summed E-state index contributed by atoms with van der Waals surface area (Å²) in [5.74, 6) is 0. The number of hydrogen-bond acceptors (Lipinski definition) is 2. The van der Waals surface area contributed by atoms with Crippen LogP contribution in [0.25, 0.3) is 10.9 Å². The van der Waals surface area contributed by atoms with Crippen molar-refractivity contribution in [2.24, 2.45) is 0 Å². The second kappa shape index (κ2) is 5.02. The van der Waals surface area contributed by atoms with Gasteiger partial charge in [-0.05, 0) is 25.5 Å². The van der Waals surface area contributed by atoms with Crippen LogP contribution < -0.4 is 10.2 Å². The Kier molecular flexibility index (Phi) is 3.24. The molecule has 2 N–H and O–H groups in total. The fourth-order valence-corrected chi connectivity index (χ4v) is 2.88. The predicted molar refractivity (Wildman–Crippen MR) is 77.2 cm³/mol. The van der Waals surface area contributed by atoms with Crippen LogP contribution in [-0.2, 0) is 0 Å². The quantitative estimate of drug-likeness (QED) is 0.868. The summed E-state index contributed by atoms with van der Waals surface area (Å²) in [7, 11) is 2.19. The number of rotatable bonds is 3. The van der Waals surface area contributed by atoms with Crippen molar-refractivity contribution in [3.63, 3.8) is 0 Å². The lowest BCUT2D eigenvalue weighted by Crippen LogP contribution is -2.42. The number of likely N-dealkylation sites (N-methyl/N-ethyl adjacent to an activating group) is 1. The maximum atomic E-state index is 3.61. The summed E-state index contributed by atoms with van der Waals surface area (Å²) >= 11 is 0. The highest BCUT2D eigenvalue weighted by molar-refractivity contribution is 5.92. The molecule has 18 heavy (non-hydrogen) atoms. The van der Waals surface area contributed by atoms with Crippen molar-refractivity contribution in [1.29, 1.82) is 0 Å². The normalized spacial score (nSPS) is 20.2. The number of piperidine rings is 1. The second-order valence-corrected chi connectivity index (χ2v) is 5.25. The van der Waals surface area contributed by atoms with Gasteiger partial charge in [-0.2, -0.15) is 0 Å². The monoisotopic (exact) mass is 243 g/mol. The first-order valence-corrected chi connectivity index (χ1v) is 6.85. The Morgan fingerprint density at radius 3 is 3.00 bits per heavy atom. The van der Waals surface area contributed by atoms with Crippen molar-refractivity contribution in [3.8, 4) is 0 Å². The highest BCUT2D eigenvalue weighted by atomic mass is 15.1. The average Bonchev–Trinajstić information content (AvgIpc) is 2.84. The number of benzene rings is 1. The lowest BCUT2D eigenvalue weighted by Gasteiger charge is -2.29. The summed E-state index contributed by atoms with van der Waals surface area (Å²) in [6.45, 7) is 2.26. The second-order valence-electron chi connectivity index (χ2n) is 5.25. The fraction of sp³-hybridized carbons (Fsp3) is 0.467. The van der Waals surface area contributed by atoms with Crippen molar-refractivity contribution < 1.29 is 0 Å². The molecule has 1 saturated heterocycles. The minimum atomic E-state index is 0.636. The van der Waals surface area contributed by atoms with Gasteiger partial charge in [-0.3, -0.25) is 0 Å². The van der Waals surface area contributed by atoms with E-state index in [1.165, 1.54) is 42.4 Å². The van der Waals surface area contributed by atoms with Crippen molar-refractivity contribution in [3.05, 3.63) is 30.5 Å². The number of aromatic amines is 1. The first kappa shape index (κ1) is 11.6. The summed E-state index contributed by atoms with van der Waals surface area (Å²) in [4.78, 5) is 5.71. The molecule has 1 atom stereocenters. The van der Waals surface area contributed by atoms with E-state index in [4.69, 9.17) is 0 Å². The zero-order valence-corrected chi connectivity index (χ0v) is 10.9. The molecule has 96 valence electrons. The molecule has 2 heterocycles. The molecule has 0 bridgehead atoms. The minimum absolute atomic E-state index is 0.636. The van der Waals surface area contributed by atoms with Gasteiger partial charge in [0.25, 0.3) is 0 Å². The SMILES string of the molecule is CN(CC1CCCCN1)c1c[nH]c2ccccc12. The number of para-hydroxylation sites is 1. The Labute approximate surface area is 108 Å². The van der Waals surface area contributed by atoms with E-state index in [-0.39, 0.29) is 0 Å². The minimum Gasteiger partial charge on any atom is -0.371 e. The highest BCUT2D eigenvalue weighted by Gasteiger charge is 2.16. The number of anilines is 1. The van der Waals surface area contributed by atoms with Crippen LogP contribution in [0.3, 0.4) is 0 Å². The number of hydrogen-bond donors (Lipinski definition) is 2. The molecule has 1 aliphatic rings. The van der Waals surface area contributed by atoms with Gasteiger partial charge in [0, 0.05) is 36.7 Å². The summed E-state index contributed by atoms with van der Waals surface area (Å²) in [6.07, 6.45) is 6.10. The highest BCUT2D eigenvalue weighted by Crippen LogP contribution is 2.26. The topological polar surface area (TPSA) is 31.1 Å². The maximum Gasteiger partial charge on any atom is 0.0621 e. The third-order valence-electron chi connectivity index (χ3n) is 3.89. The summed E-state index contributed by atoms with van der Waals surface area (Å²) < 4.78 is 0. The lowest BCUT2D eigenvalue weighted by molar-refractivity contribution is 0.403. The number of fused-ring (bicyclic) bond motifs is 1. The van der Waals surface area contributed by atoms with Gasteiger partial charge in [0.15, 0.2) is 0 Å². The van der Waals surface area contributed by atoms with Crippen LogP contribution in [0.4, 0.5) is 5.69 Å². The van der Waals surface area contributed by atoms with E-state index in [1.807, 2.05) is 0 Å². The van der Waals surface area contributed by atoms with E-state index < -0.39 is 0 Å². The van der Waals surface area contributed by atoms with E-state index in [0.29, 0.717) is 6.04 Å². The fourth-order valence-electron chi connectivity index (χ4n) is 2.88. The van der Waals surface area contributed by atoms with E-state index >= 15 is 0 Å². The van der Waals surface area contributed by atoms with Crippen LogP contribution in [0.2, 0.25) is 0 Å². The molecular weight excluding hydrogens is 222 g/mol. The van der Waals surface area contributed by atoms with Gasteiger partial charge in [-0.15, -0.1) is 0 Å². The van der Waals surface area contributed by atoms with Gasteiger partial charge < -0.3 is 15.2 Å². The molecular formula is C15H21N3. The average molecular weight is 243 g/mol. The molecule has 0 spiro atoms. The molecule has 3 nitrogen and oxygen atoms in total. The van der Waals surface area contributed by atoms with Gasteiger partial charge in [-0.25, -0.2) is 0 Å². The van der Waals surface area contributed by atoms with E-state index in [2.05, 4.69) is 52.7 Å². The lowest BCUT2D eigenvalue weighted by atomic mass is 10.0.